The number of carbonyl (C=O) groups excluding carboxylic acids is 3. The molecule has 3 amide bonds. The van der Waals surface area contributed by atoms with Crippen molar-refractivity contribution in [1.82, 2.24) is 0 Å². The summed E-state index contributed by atoms with van der Waals surface area (Å²) >= 11 is 0. The smallest absolute Gasteiger partial charge is 0.265 e. The van der Waals surface area contributed by atoms with Gasteiger partial charge in [-0.05, 0) is 55.0 Å². The van der Waals surface area contributed by atoms with E-state index < -0.39 is 23.8 Å². The second-order valence-electron chi connectivity index (χ2n) is 7.82. The van der Waals surface area contributed by atoms with Gasteiger partial charge in [-0.15, -0.1) is 0 Å². The van der Waals surface area contributed by atoms with Gasteiger partial charge in [0.05, 0.1) is 24.9 Å². The third-order valence-electron chi connectivity index (χ3n) is 5.50. The number of carbonyl (C=O) groups is 3. The number of anilines is 3. The molecule has 1 aliphatic rings. The topological polar surface area (TPSA) is 97.0 Å². The highest BCUT2D eigenvalue weighted by Gasteiger charge is 2.38. The molecule has 0 fully saturated rings. The van der Waals surface area contributed by atoms with E-state index in [9.17, 15) is 14.4 Å². The van der Waals surface area contributed by atoms with E-state index in [2.05, 4.69) is 10.6 Å². The molecule has 0 saturated carbocycles. The molecule has 174 valence electrons. The Hall–Kier alpha value is -4.33. The first kappa shape index (κ1) is 22.8. The van der Waals surface area contributed by atoms with Gasteiger partial charge >= 0.3 is 0 Å². The first-order valence-electron chi connectivity index (χ1n) is 10.8. The number of fused-ring (bicyclic) bond motifs is 1. The summed E-state index contributed by atoms with van der Waals surface area (Å²) in [5.41, 5.74) is 2.47. The summed E-state index contributed by atoms with van der Waals surface area (Å²) in [4.78, 5) is 40.4. The third-order valence-corrected chi connectivity index (χ3v) is 5.50. The van der Waals surface area contributed by atoms with Crippen molar-refractivity contribution in [1.29, 1.82) is 0 Å². The zero-order valence-electron chi connectivity index (χ0n) is 18.9. The summed E-state index contributed by atoms with van der Waals surface area (Å²) in [6, 6.07) is 20.2. The van der Waals surface area contributed by atoms with Crippen molar-refractivity contribution in [2.75, 3.05) is 29.3 Å². The molecule has 4 rings (SSSR count). The van der Waals surface area contributed by atoms with E-state index in [1.54, 1.807) is 61.7 Å². The standard InChI is InChI=1S/C26H25N3O5/c1-17-7-3-6-10-23(17)34-16-25(31)29-21-9-5-4-8-20(21)28-26(32)22(29)15-24(30)27-18-11-13-19(33-2)14-12-18/h3-14,22H,15-16H2,1-2H3,(H,27,30)(H,28,32)/t22-/m1/s1. The predicted octanol–water partition coefficient (Wildman–Crippen LogP) is 3.77. The molecule has 0 bridgehead atoms. The summed E-state index contributed by atoms with van der Waals surface area (Å²) < 4.78 is 10.9. The molecule has 0 unspecified atom stereocenters. The zero-order valence-corrected chi connectivity index (χ0v) is 18.9. The minimum atomic E-state index is -1.03. The number of nitrogens with one attached hydrogen (secondary N) is 2. The van der Waals surface area contributed by atoms with Crippen LogP contribution in [0.1, 0.15) is 12.0 Å². The van der Waals surface area contributed by atoms with Crippen molar-refractivity contribution in [3.8, 4) is 11.5 Å². The number of para-hydroxylation sites is 3. The Kier molecular flexibility index (Phi) is 6.77. The number of aryl methyl sites for hydroxylation is 1. The highest BCUT2D eigenvalue weighted by Crippen LogP contribution is 2.33. The summed E-state index contributed by atoms with van der Waals surface area (Å²) in [7, 11) is 1.56. The van der Waals surface area contributed by atoms with Gasteiger partial charge < -0.3 is 20.1 Å². The number of benzene rings is 3. The van der Waals surface area contributed by atoms with Crippen LogP contribution >= 0.6 is 0 Å². The molecular weight excluding hydrogens is 434 g/mol. The molecule has 2 N–H and O–H groups in total. The molecule has 0 aromatic heterocycles. The number of methoxy groups -OCH3 is 1. The van der Waals surface area contributed by atoms with Crippen molar-refractivity contribution in [2.24, 2.45) is 0 Å². The van der Waals surface area contributed by atoms with Crippen molar-refractivity contribution < 1.29 is 23.9 Å². The summed E-state index contributed by atoms with van der Waals surface area (Å²) in [6.07, 6.45) is -0.220. The van der Waals surface area contributed by atoms with E-state index in [4.69, 9.17) is 9.47 Å². The van der Waals surface area contributed by atoms with Crippen LogP contribution in [0.3, 0.4) is 0 Å². The largest absolute Gasteiger partial charge is 0.497 e. The Morgan fingerprint density at radius 3 is 2.44 bits per heavy atom. The van der Waals surface area contributed by atoms with Crippen LogP contribution in [0.5, 0.6) is 11.5 Å². The fourth-order valence-corrected chi connectivity index (χ4v) is 3.77. The van der Waals surface area contributed by atoms with Crippen molar-refractivity contribution in [3.63, 3.8) is 0 Å². The average molecular weight is 460 g/mol. The van der Waals surface area contributed by atoms with Gasteiger partial charge in [0.15, 0.2) is 6.61 Å². The Morgan fingerprint density at radius 2 is 1.71 bits per heavy atom. The van der Waals surface area contributed by atoms with Crippen LogP contribution < -0.4 is 25.0 Å². The number of rotatable bonds is 7. The predicted molar refractivity (Wildman–Crippen MR) is 129 cm³/mol. The Bertz CT molecular complexity index is 1210. The van der Waals surface area contributed by atoms with Crippen LogP contribution in [0.15, 0.2) is 72.8 Å². The maximum Gasteiger partial charge on any atom is 0.265 e. The molecular formula is C26H25N3O5. The number of ether oxygens (including phenoxy) is 2. The quantitative estimate of drug-likeness (QED) is 0.561. The Balaban J connectivity index is 1.53. The lowest BCUT2D eigenvalue weighted by atomic mass is 10.0. The van der Waals surface area contributed by atoms with Gasteiger partial charge in [-0.3, -0.25) is 19.3 Å². The minimum absolute atomic E-state index is 0.220. The Labute approximate surface area is 197 Å². The second kappa shape index (κ2) is 10.1. The summed E-state index contributed by atoms with van der Waals surface area (Å²) in [5, 5.41) is 5.56. The van der Waals surface area contributed by atoms with E-state index in [-0.39, 0.29) is 13.0 Å². The van der Waals surface area contributed by atoms with Crippen LogP contribution in [0.2, 0.25) is 0 Å². The van der Waals surface area contributed by atoms with Crippen LogP contribution in [0.4, 0.5) is 17.1 Å². The maximum atomic E-state index is 13.3. The highest BCUT2D eigenvalue weighted by atomic mass is 16.5. The van der Waals surface area contributed by atoms with E-state index in [0.717, 1.165) is 5.56 Å². The van der Waals surface area contributed by atoms with Gasteiger partial charge in [-0.1, -0.05) is 30.3 Å². The van der Waals surface area contributed by atoms with Crippen molar-refractivity contribution in [3.05, 3.63) is 78.4 Å². The molecule has 0 radical (unpaired) electrons. The second-order valence-corrected chi connectivity index (χ2v) is 7.82. The van der Waals surface area contributed by atoms with Gasteiger partial charge in [0, 0.05) is 5.69 Å². The molecule has 3 aromatic rings. The summed E-state index contributed by atoms with van der Waals surface area (Å²) in [6.45, 7) is 1.61. The van der Waals surface area contributed by atoms with Crippen molar-refractivity contribution >= 4 is 34.8 Å². The highest BCUT2D eigenvalue weighted by molar-refractivity contribution is 6.14. The number of hydrogen-bond donors (Lipinski definition) is 2. The lowest BCUT2D eigenvalue weighted by molar-refractivity contribution is -0.127. The van der Waals surface area contributed by atoms with E-state index in [0.29, 0.717) is 28.6 Å². The minimum Gasteiger partial charge on any atom is -0.497 e. The number of amides is 3. The molecule has 0 spiro atoms. The molecule has 3 aromatic carbocycles. The molecule has 8 heteroatoms. The molecule has 8 nitrogen and oxygen atoms in total. The lowest BCUT2D eigenvalue weighted by Crippen LogP contribution is -2.53. The first-order valence-corrected chi connectivity index (χ1v) is 10.8. The maximum absolute atomic E-state index is 13.3. The van der Waals surface area contributed by atoms with Gasteiger partial charge in [0.25, 0.3) is 5.91 Å². The third kappa shape index (κ3) is 5.01. The van der Waals surface area contributed by atoms with Crippen molar-refractivity contribution in [2.45, 2.75) is 19.4 Å². The van der Waals surface area contributed by atoms with E-state index in [1.807, 2.05) is 25.1 Å². The van der Waals surface area contributed by atoms with Gasteiger partial charge in [-0.2, -0.15) is 0 Å². The lowest BCUT2D eigenvalue weighted by Gasteiger charge is -2.36. The van der Waals surface area contributed by atoms with Gasteiger partial charge in [0.1, 0.15) is 17.5 Å². The molecule has 1 atom stereocenters. The number of hydrogen-bond acceptors (Lipinski definition) is 5. The summed E-state index contributed by atoms with van der Waals surface area (Å²) in [5.74, 6) is -0.0194. The van der Waals surface area contributed by atoms with Gasteiger partial charge in [-0.25, -0.2) is 0 Å². The van der Waals surface area contributed by atoms with Crippen LogP contribution in [-0.4, -0.2) is 37.5 Å². The molecule has 1 aliphatic heterocycles. The van der Waals surface area contributed by atoms with Crippen LogP contribution in [0.25, 0.3) is 0 Å². The first-order chi connectivity index (χ1) is 16.5. The van der Waals surface area contributed by atoms with Crippen LogP contribution in [-0.2, 0) is 14.4 Å². The Morgan fingerprint density at radius 1 is 1.00 bits per heavy atom. The SMILES string of the molecule is COc1ccc(NC(=O)C[C@@H]2C(=O)Nc3ccccc3N2C(=O)COc2ccccc2C)cc1. The monoisotopic (exact) mass is 459 g/mol. The molecule has 34 heavy (non-hydrogen) atoms. The average Bonchev–Trinajstić information content (AvgIpc) is 2.84. The number of nitrogens with zero attached hydrogens (tertiary/aromatic N) is 1. The zero-order chi connectivity index (χ0) is 24.1. The fraction of sp³-hybridized carbons (Fsp3) is 0.192. The van der Waals surface area contributed by atoms with E-state index >= 15 is 0 Å². The molecule has 0 saturated heterocycles. The fourth-order valence-electron chi connectivity index (χ4n) is 3.77. The normalized spacial score (nSPS) is 14.6. The van der Waals surface area contributed by atoms with E-state index in [1.165, 1.54) is 4.90 Å². The molecule has 0 aliphatic carbocycles. The molecule has 1 heterocycles. The van der Waals surface area contributed by atoms with Crippen LogP contribution in [0, 0.1) is 6.92 Å². The van der Waals surface area contributed by atoms with Gasteiger partial charge in [0.2, 0.25) is 11.8 Å².